The van der Waals surface area contributed by atoms with Crippen LogP contribution >= 0.6 is 0 Å². The maximum Gasteiger partial charge on any atom is 0.252 e. The van der Waals surface area contributed by atoms with Crippen LogP contribution in [0.3, 0.4) is 0 Å². The highest BCUT2D eigenvalue weighted by Gasteiger charge is 2.54. The lowest BCUT2D eigenvalue weighted by atomic mass is 9.75. The van der Waals surface area contributed by atoms with Gasteiger partial charge in [-0.2, -0.15) is 0 Å². The van der Waals surface area contributed by atoms with E-state index in [0.29, 0.717) is 0 Å². The van der Waals surface area contributed by atoms with E-state index in [1.165, 1.54) is 0 Å². The van der Waals surface area contributed by atoms with E-state index in [9.17, 15) is 40.5 Å². The Morgan fingerprint density at radius 2 is 1.45 bits per heavy atom. The number of amides is 1. The summed E-state index contributed by atoms with van der Waals surface area (Å²) in [6, 6.07) is -5.04. The molecule has 19 heteroatoms. The molecule has 1 unspecified atom stereocenters. The Hall–Kier alpha value is -1.21. The second kappa shape index (κ2) is 14.7. The Labute approximate surface area is 253 Å². The molecule has 15 atom stereocenters. The van der Waals surface area contributed by atoms with E-state index in [1.807, 2.05) is 0 Å². The minimum absolute atomic E-state index is 0.00616. The summed E-state index contributed by atoms with van der Waals surface area (Å²) in [5.41, 5.74) is 22.4. The van der Waals surface area contributed by atoms with E-state index in [1.54, 1.807) is 0 Å². The Bertz CT molecular complexity index is 950. The van der Waals surface area contributed by atoms with Crippen molar-refractivity contribution in [3.05, 3.63) is 0 Å². The van der Waals surface area contributed by atoms with Crippen LogP contribution in [0.5, 0.6) is 0 Å². The molecule has 44 heavy (non-hydrogen) atoms. The molecule has 256 valence electrons. The third kappa shape index (κ3) is 7.34. The van der Waals surface area contributed by atoms with Gasteiger partial charge >= 0.3 is 0 Å². The Morgan fingerprint density at radius 1 is 0.818 bits per heavy atom. The van der Waals surface area contributed by atoms with Gasteiger partial charge in [0.05, 0.1) is 31.3 Å². The van der Waals surface area contributed by atoms with Crippen molar-refractivity contribution in [2.75, 3.05) is 26.3 Å². The van der Waals surface area contributed by atoms with Crippen molar-refractivity contribution in [2.24, 2.45) is 22.9 Å². The van der Waals surface area contributed by atoms with Gasteiger partial charge in [0.15, 0.2) is 12.6 Å². The molecule has 0 aromatic carbocycles. The molecule has 2 aliphatic carbocycles. The Morgan fingerprint density at radius 3 is 2.07 bits per heavy atom. The third-order valence-corrected chi connectivity index (χ3v) is 8.86. The summed E-state index contributed by atoms with van der Waals surface area (Å²) >= 11 is 0. The molecule has 4 aliphatic rings. The van der Waals surface area contributed by atoms with Crippen LogP contribution in [0.15, 0.2) is 0 Å². The van der Waals surface area contributed by atoms with Crippen LogP contribution in [0.4, 0.5) is 0 Å². The molecular weight excluding hydrogens is 592 g/mol. The summed E-state index contributed by atoms with van der Waals surface area (Å²) in [6.45, 7) is -0.643. The molecule has 1 amide bonds. The molecule has 2 saturated heterocycles. The van der Waals surface area contributed by atoms with Gasteiger partial charge in [-0.25, -0.2) is 0 Å². The first-order chi connectivity index (χ1) is 20.7. The number of hydrogen-bond donors (Lipinski definition) is 14. The second-order valence-corrected chi connectivity index (χ2v) is 12.2. The highest BCUT2D eigenvalue weighted by atomic mass is 16.7. The summed E-state index contributed by atoms with van der Waals surface area (Å²) in [7, 11) is 0. The molecule has 18 N–H and O–H groups in total. The van der Waals surface area contributed by atoms with Gasteiger partial charge in [0, 0.05) is 38.0 Å². The van der Waals surface area contributed by atoms with Gasteiger partial charge in [0.1, 0.15) is 60.5 Å². The summed E-state index contributed by atoms with van der Waals surface area (Å²) in [4.78, 5) is 13.0. The van der Waals surface area contributed by atoms with Crippen molar-refractivity contribution in [1.82, 2.24) is 10.6 Å². The largest absolute Gasteiger partial charge is 0.395 e. The van der Waals surface area contributed by atoms with Crippen LogP contribution in [-0.4, -0.2) is 176 Å². The smallest absolute Gasteiger partial charge is 0.252 e. The topological polar surface area (TPSA) is 344 Å². The predicted molar refractivity (Wildman–Crippen MR) is 147 cm³/mol. The molecule has 2 aliphatic heterocycles. The number of aliphatic hydroxyl groups is 8. The van der Waals surface area contributed by atoms with Gasteiger partial charge in [0.2, 0.25) is 0 Å². The lowest BCUT2D eigenvalue weighted by Crippen LogP contribution is -2.71. The van der Waals surface area contributed by atoms with Gasteiger partial charge in [-0.05, 0) is 6.42 Å². The Kier molecular flexibility index (Phi) is 11.9. The summed E-state index contributed by atoms with van der Waals surface area (Å²) in [5, 5.41) is 88.3. The fraction of sp³-hybridized carbons (Fsp3) is 0.960. The van der Waals surface area contributed by atoms with E-state index in [0.717, 1.165) is 0 Å². The van der Waals surface area contributed by atoms with Gasteiger partial charge in [-0.15, -0.1) is 0 Å². The maximum absolute atomic E-state index is 13.0. The van der Waals surface area contributed by atoms with Crippen molar-refractivity contribution in [3.63, 3.8) is 0 Å². The number of aliphatic hydroxyl groups excluding tert-OH is 7. The van der Waals surface area contributed by atoms with E-state index in [4.69, 9.17) is 47.0 Å². The molecule has 0 aromatic heterocycles. The number of hydrogen-bond acceptors (Lipinski definition) is 18. The zero-order chi connectivity index (χ0) is 32.5. The van der Waals surface area contributed by atoms with Gasteiger partial charge in [0.25, 0.3) is 5.91 Å². The molecular formula is C25H48N6O13. The summed E-state index contributed by atoms with van der Waals surface area (Å²) in [5.74, 6) is -0.782. The first-order valence-electron chi connectivity index (χ1n) is 14.7. The third-order valence-electron chi connectivity index (χ3n) is 8.86. The number of rotatable bonds is 11. The minimum atomic E-state index is -1.75. The summed E-state index contributed by atoms with van der Waals surface area (Å²) in [6.07, 6.45) is -15.7. The number of nitrogens with two attached hydrogens (primary N) is 4. The van der Waals surface area contributed by atoms with E-state index in [2.05, 4.69) is 10.6 Å². The molecule has 0 aromatic rings. The van der Waals surface area contributed by atoms with Crippen LogP contribution in [0.1, 0.15) is 19.3 Å². The fourth-order valence-corrected chi connectivity index (χ4v) is 6.14. The second-order valence-electron chi connectivity index (χ2n) is 12.2. The lowest BCUT2D eigenvalue weighted by Gasteiger charge is -2.49. The monoisotopic (exact) mass is 640 g/mol. The quantitative estimate of drug-likeness (QED) is 0.0932. The number of nitrogens with one attached hydrogen (secondary N) is 2. The van der Waals surface area contributed by atoms with Crippen LogP contribution in [0, 0.1) is 0 Å². The van der Waals surface area contributed by atoms with Gasteiger partial charge in [-0.1, -0.05) is 0 Å². The average Bonchev–Trinajstić information content (AvgIpc) is 2.97. The molecule has 4 fully saturated rings. The fourth-order valence-electron chi connectivity index (χ4n) is 6.14. The first kappa shape index (κ1) is 35.6. The summed E-state index contributed by atoms with van der Waals surface area (Å²) < 4.78 is 23.2. The molecule has 0 radical (unpaired) electrons. The first-order valence-corrected chi connectivity index (χ1v) is 14.7. The van der Waals surface area contributed by atoms with Crippen molar-refractivity contribution in [2.45, 2.75) is 123 Å². The number of carbonyl (C=O) groups excluding carboxylic acids is 1. The maximum atomic E-state index is 13.0. The van der Waals surface area contributed by atoms with Gasteiger partial charge < -0.3 is 93.4 Å². The zero-order valence-electron chi connectivity index (χ0n) is 24.1. The van der Waals surface area contributed by atoms with Gasteiger partial charge in [-0.3, -0.25) is 4.79 Å². The highest BCUT2D eigenvalue weighted by Crippen LogP contribution is 2.34. The highest BCUT2D eigenvalue weighted by molar-refractivity contribution is 5.86. The number of ether oxygens (including phenoxy) is 4. The molecule has 19 nitrogen and oxygen atoms in total. The van der Waals surface area contributed by atoms with Crippen molar-refractivity contribution in [3.8, 4) is 0 Å². The predicted octanol–water partition coefficient (Wildman–Crippen LogP) is -8.69. The standard InChI is InChI=1S/C25H48N6O13/c26-8-4-25(40,5-8)24(39)31-10-3-9(27)20(43-22-14(29)17(36)16(35)11(41-22)6-30-1-2-32)19(38)21(10)44-23-18(37)13(28)15(34)12(7-33)42-23/h8-23,30,32-38,40H,1-7,26-29H2,(H,31,39)/t8?,9-,10+,11+,12+,13-,14+,15+,16+,17+,18+,19-,20?,21-,22+,23+,25?/m0/s1. The molecule has 2 saturated carbocycles. The Balaban J connectivity index is 1.54. The molecule has 0 bridgehead atoms. The molecule has 4 rings (SSSR count). The van der Waals surface area contributed by atoms with Crippen LogP contribution < -0.4 is 33.6 Å². The van der Waals surface area contributed by atoms with Crippen LogP contribution in [0.2, 0.25) is 0 Å². The average molecular weight is 641 g/mol. The van der Waals surface area contributed by atoms with Crippen molar-refractivity contribution >= 4 is 5.91 Å². The number of carbonyl (C=O) groups is 1. The van der Waals surface area contributed by atoms with Crippen LogP contribution in [-0.2, 0) is 23.7 Å². The van der Waals surface area contributed by atoms with Crippen molar-refractivity contribution in [1.29, 1.82) is 0 Å². The van der Waals surface area contributed by atoms with Crippen LogP contribution in [0.25, 0.3) is 0 Å². The van der Waals surface area contributed by atoms with E-state index in [-0.39, 0.29) is 45.0 Å². The zero-order valence-corrected chi connectivity index (χ0v) is 24.1. The van der Waals surface area contributed by atoms with E-state index < -0.39 is 110 Å². The van der Waals surface area contributed by atoms with Crippen molar-refractivity contribution < 1.29 is 64.6 Å². The molecule has 0 spiro atoms. The molecule has 2 heterocycles. The SMILES string of the molecule is NC1CC(O)(C(=O)N[C@@H]2C[C@H](N)C(O[C@H]3O[C@H](CNCCO)[C@@H](O)[C@H](O)[C@H]3N)[C@H](O)[C@H]2O[C@H]2O[C@H](CO)[C@@H](O)[C@H](N)[C@H]2O)C1. The lowest BCUT2D eigenvalue weighted by molar-refractivity contribution is -0.320. The normalized spacial score (nSPS) is 49.7. The van der Waals surface area contributed by atoms with E-state index >= 15 is 0 Å². The minimum Gasteiger partial charge on any atom is -0.395 e.